The highest BCUT2D eigenvalue weighted by Crippen LogP contribution is 2.23. The van der Waals surface area contributed by atoms with E-state index in [0.29, 0.717) is 0 Å². The van der Waals surface area contributed by atoms with E-state index in [1.54, 1.807) is 6.92 Å². The maximum atomic E-state index is 11.3. The number of rotatable bonds is 12. The molecule has 0 saturated carbocycles. The van der Waals surface area contributed by atoms with Crippen molar-refractivity contribution in [2.24, 2.45) is 11.5 Å². The van der Waals surface area contributed by atoms with Gasteiger partial charge in [0.2, 0.25) is 11.8 Å². The van der Waals surface area contributed by atoms with Crippen LogP contribution in [-0.4, -0.2) is 112 Å². The lowest BCUT2D eigenvalue weighted by Gasteiger charge is -2.43. The van der Waals surface area contributed by atoms with Crippen molar-refractivity contribution in [1.82, 2.24) is 10.6 Å². The second-order valence-electron chi connectivity index (χ2n) is 7.35. The molecular weight excluding hydrogens is 448 g/mol. The lowest BCUT2D eigenvalue weighted by atomic mass is 9.96. The zero-order chi connectivity index (χ0) is 25.7. The Labute approximate surface area is 190 Å². The molecule has 1 heterocycles. The Morgan fingerprint density at radius 2 is 1.79 bits per heavy atom. The molecule has 7 atom stereocenters. The van der Waals surface area contributed by atoms with E-state index < -0.39 is 73.1 Å². The lowest BCUT2D eigenvalue weighted by Crippen LogP contribution is -2.65. The number of carbonyl (C=O) groups excluding carboxylic acids is 2. The van der Waals surface area contributed by atoms with E-state index in [1.165, 1.54) is 6.92 Å². The normalized spacial score (nSPS) is 26.3. The number of nitrogens with one attached hydrogen (secondary N) is 2. The number of carboxylic acids is 2. The molecule has 2 amide bonds. The summed E-state index contributed by atoms with van der Waals surface area (Å²) in [5.41, 5.74) is 9.81. The minimum Gasteiger partial charge on any atom is -0.480 e. The first kappa shape index (κ1) is 30.6. The van der Waals surface area contributed by atoms with Crippen LogP contribution in [0.4, 0.5) is 0 Å². The Morgan fingerprint density at radius 3 is 2.24 bits per heavy atom. The molecule has 15 nitrogen and oxygen atoms in total. The van der Waals surface area contributed by atoms with E-state index in [4.69, 9.17) is 31.2 Å². The van der Waals surface area contributed by atoms with Gasteiger partial charge in [0.05, 0.1) is 19.3 Å². The van der Waals surface area contributed by atoms with Gasteiger partial charge in [0.15, 0.2) is 6.29 Å². The van der Waals surface area contributed by atoms with Gasteiger partial charge in [-0.3, -0.25) is 19.2 Å². The summed E-state index contributed by atoms with van der Waals surface area (Å²) in [6.45, 7) is 2.29. The Kier molecular flexibility index (Phi) is 14.3. The summed E-state index contributed by atoms with van der Waals surface area (Å²) in [5.74, 6) is -3.11. The average Bonchev–Trinajstić information content (AvgIpc) is 2.71. The molecule has 11 N–H and O–H groups in total. The largest absolute Gasteiger partial charge is 0.480 e. The van der Waals surface area contributed by atoms with Crippen molar-refractivity contribution in [3.05, 3.63) is 0 Å². The van der Waals surface area contributed by atoms with Gasteiger partial charge >= 0.3 is 11.9 Å². The van der Waals surface area contributed by atoms with Gasteiger partial charge in [0, 0.05) is 19.9 Å². The number of aliphatic carboxylic acids is 2. The quantitative estimate of drug-likeness (QED) is 0.127. The number of aliphatic hydroxyl groups excluding tert-OH is 3. The van der Waals surface area contributed by atoms with Gasteiger partial charge in [-0.1, -0.05) is 0 Å². The highest BCUT2D eigenvalue weighted by Gasteiger charge is 2.46. The van der Waals surface area contributed by atoms with Gasteiger partial charge in [-0.2, -0.15) is 0 Å². The first-order valence-corrected chi connectivity index (χ1v) is 10.0. The molecule has 33 heavy (non-hydrogen) atoms. The second kappa shape index (κ2) is 15.4. The van der Waals surface area contributed by atoms with Crippen LogP contribution in [0.3, 0.4) is 0 Å². The van der Waals surface area contributed by atoms with E-state index in [-0.39, 0.29) is 25.9 Å². The van der Waals surface area contributed by atoms with E-state index in [9.17, 15) is 34.5 Å². The molecular formula is C18H34N4O11. The van der Waals surface area contributed by atoms with Gasteiger partial charge in [-0.05, 0) is 13.3 Å². The zero-order valence-electron chi connectivity index (χ0n) is 18.4. The van der Waals surface area contributed by atoms with E-state index in [0.717, 1.165) is 0 Å². The van der Waals surface area contributed by atoms with Crippen LogP contribution in [0.1, 0.15) is 26.7 Å². The smallest absolute Gasteiger partial charge is 0.320 e. The van der Waals surface area contributed by atoms with E-state index in [1.807, 2.05) is 0 Å². The van der Waals surface area contributed by atoms with Crippen LogP contribution in [0, 0.1) is 0 Å². The molecule has 1 saturated heterocycles. The van der Waals surface area contributed by atoms with Gasteiger partial charge in [0.25, 0.3) is 0 Å². The summed E-state index contributed by atoms with van der Waals surface area (Å²) in [5, 5.41) is 51.2. The summed E-state index contributed by atoms with van der Waals surface area (Å²) in [4.78, 5) is 41.8. The molecule has 0 aromatic rings. The molecule has 0 aromatic heterocycles. The number of aliphatic hydroxyl groups is 3. The number of carbonyl (C=O) groups is 4. The fourth-order valence-corrected chi connectivity index (χ4v) is 2.75. The topological polar surface area (TPSA) is 264 Å². The van der Waals surface area contributed by atoms with Crippen molar-refractivity contribution in [2.45, 2.75) is 69.5 Å². The molecule has 0 aliphatic carbocycles. The molecule has 1 rings (SSSR count). The number of hydrogen-bond acceptors (Lipinski definition) is 11. The molecule has 1 aliphatic heterocycles. The highest BCUT2D eigenvalue weighted by molar-refractivity contribution is 5.77. The van der Waals surface area contributed by atoms with Crippen LogP contribution >= 0.6 is 0 Å². The Balaban J connectivity index is 0.000000861. The first-order valence-electron chi connectivity index (χ1n) is 10.0. The molecule has 0 radical (unpaired) electrons. The molecule has 15 heteroatoms. The summed E-state index contributed by atoms with van der Waals surface area (Å²) in [7, 11) is 0. The van der Waals surface area contributed by atoms with Crippen LogP contribution in [0.2, 0.25) is 0 Å². The lowest BCUT2D eigenvalue weighted by molar-refractivity contribution is -0.267. The van der Waals surface area contributed by atoms with Crippen molar-refractivity contribution in [3.63, 3.8) is 0 Å². The Bertz CT molecular complexity index is 651. The van der Waals surface area contributed by atoms with Gasteiger partial charge in [0.1, 0.15) is 30.4 Å². The van der Waals surface area contributed by atoms with Crippen LogP contribution in [-0.2, 0) is 28.7 Å². The van der Waals surface area contributed by atoms with E-state index in [2.05, 4.69) is 10.6 Å². The summed E-state index contributed by atoms with van der Waals surface area (Å²) >= 11 is 0. The molecule has 0 aromatic carbocycles. The van der Waals surface area contributed by atoms with E-state index >= 15 is 0 Å². The number of ether oxygens (including phenoxy) is 2. The number of primary amides is 1. The molecule has 0 bridgehead atoms. The molecule has 0 spiro atoms. The molecule has 1 fully saturated rings. The highest BCUT2D eigenvalue weighted by atomic mass is 16.6. The second-order valence-corrected chi connectivity index (χ2v) is 7.35. The van der Waals surface area contributed by atoms with Crippen molar-refractivity contribution < 1.29 is 54.2 Å². The third kappa shape index (κ3) is 12.4. The standard InChI is InChI=1S/C13H24N2O8.C5H10N2O3/c1-6(3-14-4-9(18)19)22-12-10(15-7(2)17)13(21)23-8(5-16)11(12)20;6-3(5(9)10)1-2-4(7)8/h6,8,10-14,16,20-21H,3-5H2,1-2H3,(H,15,17)(H,18,19);3H,1-2,6H2,(H2,7,8)(H,9,10)/t6?,8-,10-,11-,12-,13+;3-/m11/s1. The van der Waals surface area contributed by atoms with Crippen LogP contribution < -0.4 is 22.1 Å². The molecule has 1 aliphatic rings. The summed E-state index contributed by atoms with van der Waals surface area (Å²) in [6.07, 6.45) is -5.21. The maximum Gasteiger partial charge on any atom is 0.320 e. The monoisotopic (exact) mass is 482 g/mol. The number of hydrogen-bond donors (Lipinski definition) is 9. The SMILES string of the molecule is CC(=O)N[C@@H]1[C@@H](OC(C)CNCC(=O)O)[C@H](O)[C@@H](CO)O[C@@H]1O.NC(=O)CC[C@@H](N)C(=O)O. The van der Waals surface area contributed by atoms with Gasteiger partial charge < -0.3 is 57.1 Å². The van der Waals surface area contributed by atoms with Crippen LogP contribution in [0.5, 0.6) is 0 Å². The third-order valence-corrected chi connectivity index (χ3v) is 4.36. The number of carboxylic acid groups (broad SMARTS) is 2. The molecule has 1 unspecified atom stereocenters. The Hall–Kier alpha value is -2.40. The summed E-state index contributed by atoms with van der Waals surface area (Å²) < 4.78 is 10.7. The predicted octanol–water partition coefficient (Wildman–Crippen LogP) is -4.33. The minimum atomic E-state index is -1.45. The maximum absolute atomic E-state index is 11.3. The van der Waals surface area contributed by atoms with Crippen molar-refractivity contribution in [2.75, 3.05) is 19.7 Å². The number of nitrogens with two attached hydrogens (primary N) is 2. The van der Waals surface area contributed by atoms with Crippen LogP contribution in [0.25, 0.3) is 0 Å². The van der Waals surface area contributed by atoms with Crippen molar-refractivity contribution in [3.8, 4) is 0 Å². The zero-order valence-corrected chi connectivity index (χ0v) is 18.4. The van der Waals surface area contributed by atoms with Crippen LogP contribution in [0.15, 0.2) is 0 Å². The van der Waals surface area contributed by atoms with Crippen molar-refractivity contribution in [1.29, 1.82) is 0 Å². The fourth-order valence-electron chi connectivity index (χ4n) is 2.75. The third-order valence-electron chi connectivity index (χ3n) is 4.36. The Morgan fingerprint density at radius 1 is 1.18 bits per heavy atom. The number of amides is 2. The summed E-state index contributed by atoms with van der Waals surface area (Å²) in [6, 6.07) is -2.00. The minimum absolute atomic E-state index is 0.0213. The average molecular weight is 482 g/mol. The van der Waals surface area contributed by atoms with Crippen molar-refractivity contribution >= 4 is 23.8 Å². The van der Waals surface area contributed by atoms with Gasteiger partial charge in [-0.25, -0.2) is 0 Å². The van der Waals surface area contributed by atoms with Gasteiger partial charge in [-0.15, -0.1) is 0 Å². The predicted molar refractivity (Wildman–Crippen MR) is 110 cm³/mol. The molecule has 192 valence electrons. The fraction of sp³-hybridized carbons (Fsp3) is 0.778. The first-order chi connectivity index (χ1) is 15.3.